The molecule has 0 fully saturated rings. The van der Waals surface area contributed by atoms with Crippen LogP contribution in [-0.4, -0.2) is 16.1 Å². The minimum Gasteiger partial charge on any atom is -0.487 e. The van der Waals surface area contributed by atoms with E-state index in [0.717, 1.165) is 22.6 Å². The molecule has 4 nitrogen and oxygen atoms in total. The van der Waals surface area contributed by atoms with Gasteiger partial charge < -0.3 is 9.84 Å². The molecule has 1 aromatic carbocycles. The van der Waals surface area contributed by atoms with Crippen LogP contribution in [0.1, 0.15) is 27.2 Å². The molecule has 5 heteroatoms. The number of thiazole rings is 1. The Bertz CT molecular complexity index is 541. The lowest BCUT2D eigenvalue weighted by molar-refractivity contribution is 0.0696. The summed E-state index contributed by atoms with van der Waals surface area (Å²) >= 11 is 1.52. The Morgan fingerprint density at radius 3 is 2.56 bits per heavy atom. The summed E-state index contributed by atoms with van der Waals surface area (Å²) in [6, 6.07) is 3.23. The first-order valence-corrected chi connectivity index (χ1v) is 6.36. The monoisotopic (exact) mass is 263 g/mol. The number of rotatable bonds is 4. The average molecular weight is 263 g/mol. The Balaban J connectivity index is 2.20. The summed E-state index contributed by atoms with van der Waals surface area (Å²) in [5.74, 6) is -0.194. The van der Waals surface area contributed by atoms with Crippen LogP contribution in [0.2, 0.25) is 0 Å². The predicted molar refractivity (Wildman–Crippen MR) is 69.3 cm³/mol. The fraction of sp³-hybridized carbons (Fsp3) is 0.231. The van der Waals surface area contributed by atoms with Gasteiger partial charge in [0, 0.05) is 5.38 Å². The van der Waals surface area contributed by atoms with E-state index in [1.54, 1.807) is 17.6 Å². The Morgan fingerprint density at radius 1 is 1.39 bits per heavy atom. The average Bonchev–Trinajstić information content (AvgIpc) is 2.80. The van der Waals surface area contributed by atoms with E-state index >= 15 is 0 Å². The number of benzene rings is 1. The van der Waals surface area contributed by atoms with Crippen LogP contribution in [-0.2, 0) is 6.61 Å². The van der Waals surface area contributed by atoms with Crippen molar-refractivity contribution in [3.05, 3.63) is 45.4 Å². The normalized spacial score (nSPS) is 10.3. The molecule has 1 aromatic heterocycles. The summed E-state index contributed by atoms with van der Waals surface area (Å²) in [5, 5.41) is 10.9. The highest BCUT2D eigenvalue weighted by atomic mass is 32.1. The van der Waals surface area contributed by atoms with E-state index in [-0.39, 0.29) is 5.56 Å². The Kier molecular flexibility index (Phi) is 3.62. The van der Waals surface area contributed by atoms with Crippen LogP contribution in [0, 0.1) is 13.8 Å². The van der Waals surface area contributed by atoms with E-state index in [0.29, 0.717) is 6.61 Å². The highest BCUT2D eigenvalue weighted by molar-refractivity contribution is 7.07. The first kappa shape index (κ1) is 12.6. The van der Waals surface area contributed by atoms with E-state index in [9.17, 15) is 4.79 Å². The van der Waals surface area contributed by atoms with Crippen LogP contribution in [0.15, 0.2) is 23.0 Å². The van der Waals surface area contributed by atoms with E-state index < -0.39 is 5.97 Å². The van der Waals surface area contributed by atoms with Gasteiger partial charge in [0.1, 0.15) is 12.4 Å². The van der Waals surface area contributed by atoms with E-state index in [1.807, 2.05) is 19.2 Å². The van der Waals surface area contributed by atoms with Crippen LogP contribution in [0.5, 0.6) is 5.75 Å². The number of ether oxygens (including phenoxy) is 1. The number of carboxylic acids is 1. The molecule has 0 saturated heterocycles. The van der Waals surface area contributed by atoms with Gasteiger partial charge in [-0.1, -0.05) is 0 Å². The highest BCUT2D eigenvalue weighted by Gasteiger charge is 2.11. The summed E-state index contributed by atoms with van der Waals surface area (Å²) in [5.41, 5.74) is 4.56. The first-order valence-electron chi connectivity index (χ1n) is 5.42. The Hall–Kier alpha value is -1.88. The SMILES string of the molecule is Cc1cc(C(=O)O)cc(C)c1OCc1cscn1. The van der Waals surface area contributed by atoms with E-state index in [2.05, 4.69) is 4.98 Å². The summed E-state index contributed by atoms with van der Waals surface area (Å²) in [4.78, 5) is 15.0. The number of carboxylic acid groups (broad SMARTS) is 1. The van der Waals surface area contributed by atoms with Gasteiger partial charge in [-0.2, -0.15) is 0 Å². The minimum absolute atomic E-state index is 0.283. The van der Waals surface area contributed by atoms with Gasteiger partial charge in [-0.05, 0) is 37.1 Å². The third-order valence-electron chi connectivity index (χ3n) is 2.56. The van der Waals surface area contributed by atoms with Crippen molar-refractivity contribution in [3.8, 4) is 5.75 Å². The zero-order chi connectivity index (χ0) is 13.1. The third kappa shape index (κ3) is 2.68. The fourth-order valence-electron chi connectivity index (χ4n) is 1.76. The number of nitrogens with zero attached hydrogens (tertiary/aromatic N) is 1. The molecule has 0 aliphatic carbocycles. The Morgan fingerprint density at radius 2 is 2.06 bits per heavy atom. The van der Waals surface area contributed by atoms with Crippen molar-refractivity contribution in [2.45, 2.75) is 20.5 Å². The molecule has 0 aliphatic rings. The fourth-order valence-corrected chi connectivity index (χ4v) is 2.30. The van der Waals surface area contributed by atoms with Crippen LogP contribution in [0.4, 0.5) is 0 Å². The molecular weight excluding hydrogens is 250 g/mol. The number of aromatic carboxylic acids is 1. The van der Waals surface area contributed by atoms with Crippen LogP contribution in [0.25, 0.3) is 0 Å². The van der Waals surface area contributed by atoms with Crippen LogP contribution >= 0.6 is 11.3 Å². The van der Waals surface area contributed by atoms with Gasteiger partial charge in [0.05, 0.1) is 16.8 Å². The maximum Gasteiger partial charge on any atom is 0.335 e. The lowest BCUT2D eigenvalue weighted by Gasteiger charge is -2.12. The van der Waals surface area contributed by atoms with Gasteiger partial charge >= 0.3 is 5.97 Å². The summed E-state index contributed by atoms with van der Waals surface area (Å²) < 4.78 is 5.70. The molecule has 0 saturated carbocycles. The quantitative estimate of drug-likeness (QED) is 0.921. The van der Waals surface area contributed by atoms with Gasteiger partial charge in [-0.25, -0.2) is 9.78 Å². The predicted octanol–water partition coefficient (Wildman–Crippen LogP) is 3.04. The zero-order valence-corrected chi connectivity index (χ0v) is 11.0. The molecule has 18 heavy (non-hydrogen) atoms. The van der Waals surface area contributed by atoms with Crippen LogP contribution < -0.4 is 4.74 Å². The van der Waals surface area contributed by atoms with Gasteiger partial charge in [0.2, 0.25) is 0 Å². The summed E-state index contributed by atoms with van der Waals surface area (Å²) in [6.45, 7) is 4.09. The maximum absolute atomic E-state index is 10.9. The number of aryl methyl sites for hydroxylation is 2. The molecule has 94 valence electrons. The third-order valence-corrected chi connectivity index (χ3v) is 3.19. The molecule has 2 aromatic rings. The second-order valence-corrected chi connectivity index (χ2v) is 4.73. The molecule has 1 N–H and O–H groups in total. The standard InChI is InChI=1S/C13H13NO3S/c1-8-3-10(13(15)16)4-9(2)12(8)17-5-11-6-18-7-14-11/h3-4,6-7H,5H2,1-2H3,(H,15,16). The number of aromatic nitrogens is 1. The summed E-state index contributed by atoms with van der Waals surface area (Å²) in [7, 11) is 0. The largest absolute Gasteiger partial charge is 0.487 e. The molecular formula is C13H13NO3S. The lowest BCUT2D eigenvalue weighted by Crippen LogP contribution is -2.03. The van der Waals surface area contributed by atoms with Crippen LogP contribution in [0.3, 0.4) is 0 Å². The van der Waals surface area contributed by atoms with Crippen molar-refractivity contribution in [2.75, 3.05) is 0 Å². The molecule has 0 radical (unpaired) electrons. The molecule has 1 heterocycles. The molecule has 0 spiro atoms. The zero-order valence-electron chi connectivity index (χ0n) is 10.1. The van der Waals surface area contributed by atoms with Crippen molar-refractivity contribution in [1.82, 2.24) is 4.98 Å². The van der Waals surface area contributed by atoms with Crippen molar-refractivity contribution in [1.29, 1.82) is 0 Å². The van der Waals surface area contributed by atoms with Crippen molar-refractivity contribution >= 4 is 17.3 Å². The molecule has 0 bridgehead atoms. The van der Waals surface area contributed by atoms with Gasteiger partial charge in [0.15, 0.2) is 0 Å². The van der Waals surface area contributed by atoms with Gasteiger partial charge in [0.25, 0.3) is 0 Å². The molecule has 2 rings (SSSR count). The van der Waals surface area contributed by atoms with Gasteiger partial charge in [-0.3, -0.25) is 0 Å². The van der Waals surface area contributed by atoms with E-state index in [4.69, 9.17) is 9.84 Å². The van der Waals surface area contributed by atoms with Gasteiger partial charge in [-0.15, -0.1) is 11.3 Å². The van der Waals surface area contributed by atoms with Crippen molar-refractivity contribution in [2.24, 2.45) is 0 Å². The maximum atomic E-state index is 10.9. The van der Waals surface area contributed by atoms with Crippen molar-refractivity contribution < 1.29 is 14.6 Å². The second kappa shape index (κ2) is 5.18. The van der Waals surface area contributed by atoms with E-state index in [1.165, 1.54) is 11.3 Å². The topological polar surface area (TPSA) is 59.4 Å². The highest BCUT2D eigenvalue weighted by Crippen LogP contribution is 2.25. The first-order chi connectivity index (χ1) is 8.58. The molecule has 0 atom stereocenters. The lowest BCUT2D eigenvalue weighted by atomic mass is 10.1. The Labute approximate surface area is 109 Å². The molecule has 0 aliphatic heterocycles. The molecule has 0 unspecified atom stereocenters. The number of carbonyl (C=O) groups is 1. The summed E-state index contributed by atoms with van der Waals surface area (Å²) in [6.07, 6.45) is 0. The molecule has 0 amide bonds. The smallest absolute Gasteiger partial charge is 0.335 e. The minimum atomic E-state index is -0.924. The number of hydrogen-bond donors (Lipinski definition) is 1. The second-order valence-electron chi connectivity index (χ2n) is 4.01. The number of hydrogen-bond acceptors (Lipinski definition) is 4. The van der Waals surface area contributed by atoms with Crippen molar-refractivity contribution in [3.63, 3.8) is 0 Å².